The molecule has 0 bridgehead atoms. The molecule has 2 aliphatic rings. The van der Waals surface area contributed by atoms with E-state index in [-0.39, 0.29) is 5.60 Å². The van der Waals surface area contributed by atoms with Crippen molar-refractivity contribution in [3.8, 4) is 0 Å². The summed E-state index contributed by atoms with van der Waals surface area (Å²) in [5.74, 6) is 2.31. The van der Waals surface area contributed by atoms with Gasteiger partial charge in [0.15, 0.2) is 0 Å². The standard InChI is InChI=1S/C14H26O/c1-3-12-8-9-14(15,10-12)13-6-4-11(2)5-7-13/h11-13,15H,3-10H2,1-2H3. The highest BCUT2D eigenvalue weighted by Gasteiger charge is 2.43. The van der Waals surface area contributed by atoms with Crippen LogP contribution in [-0.2, 0) is 0 Å². The van der Waals surface area contributed by atoms with Crippen molar-refractivity contribution in [1.82, 2.24) is 0 Å². The van der Waals surface area contributed by atoms with Crippen LogP contribution in [0.4, 0.5) is 0 Å². The number of hydrogen-bond acceptors (Lipinski definition) is 1. The minimum atomic E-state index is -0.277. The van der Waals surface area contributed by atoms with Gasteiger partial charge in [-0.3, -0.25) is 0 Å². The Morgan fingerprint density at radius 3 is 2.33 bits per heavy atom. The molecule has 1 N–H and O–H groups in total. The van der Waals surface area contributed by atoms with Gasteiger partial charge in [-0.15, -0.1) is 0 Å². The lowest BCUT2D eigenvalue weighted by Crippen LogP contribution is -2.37. The average molecular weight is 210 g/mol. The maximum absolute atomic E-state index is 10.7. The van der Waals surface area contributed by atoms with Crippen molar-refractivity contribution in [3.05, 3.63) is 0 Å². The van der Waals surface area contributed by atoms with Crippen LogP contribution in [0.1, 0.15) is 65.2 Å². The highest BCUT2D eigenvalue weighted by molar-refractivity contribution is 4.95. The maximum atomic E-state index is 10.7. The minimum Gasteiger partial charge on any atom is -0.390 e. The summed E-state index contributed by atoms with van der Waals surface area (Å²) in [5, 5.41) is 10.7. The summed E-state index contributed by atoms with van der Waals surface area (Å²) in [4.78, 5) is 0. The van der Waals surface area contributed by atoms with Crippen LogP contribution < -0.4 is 0 Å². The Labute approximate surface area is 94.3 Å². The molecule has 0 aliphatic heterocycles. The van der Waals surface area contributed by atoms with Gasteiger partial charge in [-0.05, 0) is 49.9 Å². The zero-order valence-electron chi connectivity index (χ0n) is 10.3. The lowest BCUT2D eigenvalue weighted by atomic mass is 9.73. The molecule has 1 nitrogen and oxygen atoms in total. The van der Waals surface area contributed by atoms with Crippen LogP contribution in [0.2, 0.25) is 0 Å². The van der Waals surface area contributed by atoms with E-state index in [1.165, 1.54) is 38.5 Å². The van der Waals surface area contributed by atoms with Crippen molar-refractivity contribution >= 4 is 0 Å². The molecule has 15 heavy (non-hydrogen) atoms. The highest BCUT2D eigenvalue weighted by atomic mass is 16.3. The third kappa shape index (κ3) is 2.38. The molecule has 0 saturated heterocycles. The van der Waals surface area contributed by atoms with Gasteiger partial charge in [-0.2, -0.15) is 0 Å². The largest absolute Gasteiger partial charge is 0.390 e. The van der Waals surface area contributed by atoms with Crippen LogP contribution >= 0.6 is 0 Å². The molecule has 0 aromatic heterocycles. The molecule has 1 heteroatoms. The predicted molar refractivity (Wildman–Crippen MR) is 63.7 cm³/mol. The number of rotatable bonds is 2. The fraction of sp³-hybridized carbons (Fsp3) is 1.00. The molecule has 0 aromatic rings. The van der Waals surface area contributed by atoms with Gasteiger partial charge in [0.25, 0.3) is 0 Å². The quantitative estimate of drug-likeness (QED) is 0.736. The summed E-state index contributed by atoms with van der Waals surface area (Å²) < 4.78 is 0. The van der Waals surface area contributed by atoms with E-state index in [0.717, 1.165) is 24.7 Å². The van der Waals surface area contributed by atoms with E-state index in [2.05, 4.69) is 13.8 Å². The van der Waals surface area contributed by atoms with Gasteiger partial charge in [-0.1, -0.05) is 33.1 Å². The first kappa shape index (κ1) is 11.4. The Balaban J connectivity index is 1.92. The Morgan fingerprint density at radius 1 is 1.13 bits per heavy atom. The van der Waals surface area contributed by atoms with Crippen LogP contribution in [0.25, 0.3) is 0 Å². The van der Waals surface area contributed by atoms with E-state index < -0.39 is 0 Å². The van der Waals surface area contributed by atoms with E-state index in [1.807, 2.05) is 0 Å². The van der Waals surface area contributed by atoms with E-state index in [0.29, 0.717) is 5.92 Å². The average Bonchev–Trinajstić information content (AvgIpc) is 2.62. The van der Waals surface area contributed by atoms with Crippen molar-refractivity contribution in [1.29, 1.82) is 0 Å². The monoisotopic (exact) mass is 210 g/mol. The van der Waals surface area contributed by atoms with E-state index >= 15 is 0 Å². The molecule has 2 aliphatic carbocycles. The van der Waals surface area contributed by atoms with Crippen molar-refractivity contribution in [2.24, 2.45) is 17.8 Å². The fourth-order valence-electron chi connectivity index (χ4n) is 3.67. The topological polar surface area (TPSA) is 20.2 Å². The molecule has 0 spiro atoms. The first-order chi connectivity index (χ1) is 7.14. The molecule has 2 unspecified atom stereocenters. The first-order valence-electron chi connectivity index (χ1n) is 6.86. The fourth-order valence-corrected chi connectivity index (χ4v) is 3.67. The van der Waals surface area contributed by atoms with Gasteiger partial charge in [0.1, 0.15) is 0 Å². The van der Waals surface area contributed by atoms with Crippen molar-refractivity contribution in [2.45, 2.75) is 70.8 Å². The minimum absolute atomic E-state index is 0.277. The van der Waals surface area contributed by atoms with E-state index in [1.54, 1.807) is 0 Å². The Hall–Kier alpha value is -0.0400. The molecule has 2 rings (SSSR count). The van der Waals surface area contributed by atoms with Gasteiger partial charge in [0.05, 0.1) is 5.60 Å². The maximum Gasteiger partial charge on any atom is 0.0678 e. The number of hydrogen-bond donors (Lipinski definition) is 1. The second-order valence-electron chi connectivity index (χ2n) is 6.08. The molecule has 2 fully saturated rings. The second-order valence-corrected chi connectivity index (χ2v) is 6.08. The summed E-state index contributed by atoms with van der Waals surface area (Å²) in [6.45, 7) is 4.61. The van der Waals surface area contributed by atoms with Crippen LogP contribution in [0, 0.1) is 17.8 Å². The SMILES string of the molecule is CCC1CCC(O)(C2CCC(C)CC2)C1. The summed E-state index contributed by atoms with van der Waals surface area (Å²) in [6.07, 6.45) is 9.90. The van der Waals surface area contributed by atoms with Crippen LogP contribution in [0.5, 0.6) is 0 Å². The van der Waals surface area contributed by atoms with Gasteiger partial charge in [0, 0.05) is 0 Å². The first-order valence-corrected chi connectivity index (χ1v) is 6.86. The predicted octanol–water partition coefficient (Wildman–Crippen LogP) is 3.75. The molecular weight excluding hydrogens is 184 g/mol. The lowest BCUT2D eigenvalue weighted by molar-refractivity contribution is -0.0346. The van der Waals surface area contributed by atoms with Gasteiger partial charge >= 0.3 is 0 Å². The summed E-state index contributed by atoms with van der Waals surface area (Å²) in [5.41, 5.74) is -0.277. The Bertz CT molecular complexity index is 205. The zero-order chi connectivity index (χ0) is 10.9. The molecular formula is C14H26O. The molecule has 88 valence electrons. The van der Waals surface area contributed by atoms with Crippen molar-refractivity contribution < 1.29 is 5.11 Å². The van der Waals surface area contributed by atoms with E-state index in [4.69, 9.17) is 0 Å². The molecule has 0 amide bonds. The van der Waals surface area contributed by atoms with E-state index in [9.17, 15) is 5.11 Å². The molecule has 2 saturated carbocycles. The zero-order valence-corrected chi connectivity index (χ0v) is 10.3. The second kappa shape index (κ2) is 4.45. The summed E-state index contributed by atoms with van der Waals surface area (Å²) >= 11 is 0. The normalized spacial score (nSPS) is 47.0. The molecule has 0 heterocycles. The van der Waals surface area contributed by atoms with Gasteiger partial charge in [-0.25, -0.2) is 0 Å². The molecule has 0 aromatic carbocycles. The van der Waals surface area contributed by atoms with Crippen LogP contribution in [0.3, 0.4) is 0 Å². The Kier molecular flexibility index (Phi) is 3.39. The third-order valence-corrected chi connectivity index (χ3v) is 4.98. The molecule has 2 atom stereocenters. The van der Waals surface area contributed by atoms with Crippen LogP contribution in [0.15, 0.2) is 0 Å². The van der Waals surface area contributed by atoms with Crippen molar-refractivity contribution in [2.75, 3.05) is 0 Å². The molecule has 0 radical (unpaired) electrons. The Morgan fingerprint density at radius 2 is 1.80 bits per heavy atom. The smallest absolute Gasteiger partial charge is 0.0678 e. The van der Waals surface area contributed by atoms with Crippen LogP contribution in [-0.4, -0.2) is 10.7 Å². The number of aliphatic hydroxyl groups is 1. The van der Waals surface area contributed by atoms with Crippen molar-refractivity contribution in [3.63, 3.8) is 0 Å². The third-order valence-electron chi connectivity index (χ3n) is 4.98. The van der Waals surface area contributed by atoms with Gasteiger partial charge in [0.2, 0.25) is 0 Å². The highest BCUT2D eigenvalue weighted by Crippen LogP contribution is 2.46. The summed E-state index contributed by atoms with van der Waals surface area (Å²) in [6, 6.07) is 0. The van der Waals surface area contributed by atoms with Gasteiger partial charge < -0.3 is 5.11 Å². The lowest BCUT2D eigenvalue weighted by Gasteiger charge is -2.37. The summed E-state index contributed by atoms with van der Waals surface area (Å²) in [7, 11) is 0.